The molecule has 0 unspecified atom stereocenters. The molecule has 0 saturated heterocycles. The molecule has 1 aromatic carbocycles. The van der Waals surface area contributed by atoms with E-state index in [9.17, 15) is 9.90 Å². The van der Waals surface area contributed by atoms with Crippen LogP contribution >= 0.6 is 0 Å². The average Bonchev–Trinajstić information content (AvgIpc) is 2.94. The van der Waals surface area contributed by atoms with Crippen LogP contribution in [0.25, 0.3) is 0 Å². The second-order valence-electron chi connectivity index (χ2n) is 8.52. The zero-order valence-corrected chi connectivity index (χ0v) is 18.0. The SMILES string of the molecule is CCOc1c(C)nc2c(c1C)CN(CC(=O)c1ccc(O)c(C(C)(C)C)c1)C2=N. The number of Topliss-reactive ketones (excluding diaryl/α,β-unsaturated/α-hetero) is 1. The van der Waals surface area contributed by atoms with Gasteiger partial charge in [0.2, 0.25) is 0 Å². The minimum atomic E-state index is -0.273. The van der Waals surface area contributed by atoms with Crippen molar-refractivity contribution in [3.8, 4) is 11.5 Å². The number of amidine groups is 1. The first-order chi connectivity index (χ1) is 13.5. The number of aryl methyl sites for hydroxylation is 1. The van der Waals surface area contributed by atoms with Crippen molar-refractivity contribution in [2.24, 2.45) is 0 Å². The molecule has 3 rings (SSSR count). The van der Waals surface area contributed by atoms with Gasteiger partial charge in [-0.1, -0.05) is 20.8 Å². The second kappa shape index (κ2) is 7.50. The highest BCUT2D eigenvalue weighted by molar-refractivity contribution is 6.04. The maximum atomic E-state index is 12.9. The number of rotatable bonds is 5. The Morgan fingerprint density at radius 2 is 2.00 bits per heavy atom. The number of pyridine rings is 1. The van der Waals surface area contributed by atoms with Crippen molar-refractivity contribution in [1.29, 1.82) is 5.41 Å². The zero-order valence-electron chi connectivity index (χ0n) is 18.0. The van der Waals surface area contributed by atoms with Crippen LogP contribution in [-0.4, -0.2) is 39.8 Å². The highest BCUT2D eigenvalue weighted by atomic mass is 16.5. The van der Waals surface area contributed by atoms with E-state index in [0.717, 1.165) is 28.1 Å². The largest absolute Gasteiger partial charge is 0.508 e. The lowest BCUT2D eigenvalue weighted by Crippen LogP contribution is -2.30. The highest BCUT2D eigenvalue weighted by Crippen LogP contribution is 2.34. The van der Waals surface area contributed by atoms with Crippen molar-refractivity contribution < 1.29 is 14.6 Å². The molecule has 0 radical (unpaired) electrons. The van der Waals surface area contributed by atoms with Gasteiger partial charge in [-0.2, -0.15) is 0 Å². The normalized spacial score (nSPS) is 13.6. The number of carbonyl (C=O) groups is 1. The summed E-state index contributed by atoms with van der Waals surface area (Å²) in [4.78, 5) is 19.3. The lowest BCUT2D eigenvalue weighted by molar-refractivity contribution is 0.0962. The molecular formula is C23H29N3O3. The van der Waals surface area contributed by atoms with E-state index in [1.807, 2.05) is 41.5 Å². The Labute approximate surface area is 172 Å². The smallest absolute Gasteiger partial charge is 0.182 e. The summed E-state index contributed by atoms with van der Waals surface area (Å²) < 4.78 is 5.73. The number of benzene rings is 1. The lowest BCUT2D eigenvalue weighted by Gasteiger charge is -2.22. The Morgan fingerprint density at radius 3 is 2.62 bits per heavy atom. The van der Waals surface area contributed by atoms with Crippen molar-refractivity contribution in [3.63, 3.8) is 0 Å². The van der Waals surface area contributed by atoms with Crippen LogP contribution in [0.2, 0.25) is 0 Å². The van der Waals surface area contributed by atoms with Crippen LogP contribution < -0.4 is 4.74 Å². The van der Waals surface area contributed by atoms with E-state index < -0.39 is 0 Å². The molecule has 0 amide bonds. The minimum Gasteiger partial charge on any atom is -0.508 e. The number of hydrogen-bond donors (Lipinski definition) is 2. The summed E-state index contributed by atoms with van der Waals surface area (Å²) in [5.41, 5.74) is 4.30. The molecular weight excluding hydrogens is 366 g/mol. The molecule has 2 heterocycles. The fourth-order valence-electron chi connectivity index (χ4n) is 3.75. The molecule has 0 atom stereocenters. The van der Waals surface area contributed by atoms with E-state index in [4.69, 9.17) is 10.1 Å². The molecule has 0 saturated carbocycles. The first-order valence-corrected chi connectivity index (χ1v) is 9.88. The van der Waals surface area contributed by atoms with Crippen LogP contribution in [0.4, 0.5) is 0 Å². The van der Waals surface area contributed by atoms with Gasteiger partial charge in [0.25, 0.3) is 0 Å². The monoisotopic (exact) mass is 395 g/mol. The Hall–Kier alpha value is -2.89. The number of aromatic nitrogens is 1. The molecule has 0 spiro atoms. The molecule has 2 N–H and O–H groups in total. The van der Waals surface area contributed by atoms with Gasteiger partial charge < -0.3 is 14.7 Å². The number of aromatic hydroxyl groups is 1. The molecule has 1 aliphatic heterocycles. The minimum absolute atomic E-state index is 0.0893. The molecule has 0 aliphatic carbocycles. The van der Waals surface area contributed by atoms with Gasteiger partial charge in [-0.3, -0.25) is 10.2 Å². The van der Waals surface area contributed by atoms with Gasteiger partial charge >= 0.3 is 0 Å². The average molecular weight is 396 g/mol. The van der Waals surface area contributed by atoms with Crippen molar-refractivity contribution >= 4 is 11.6 Å². The third-order valence-electron chi connectivity index (χ3n) is 5.33. The van der Waals surface area contributed by atoms with Crippen LogP contribution in [0.1, 0.15) is 66.1 Å². The third kappa shape index (κ3) is 3.84. The summed E-state index contributed by atoms with van der Waals surface area (Å²) in [5.74, 6) is 1.12. The van der Waals surface area contributed by atoms with E-state index in [1.165, 1.54) is 0 Å². The molecule has 0 fully saturated rings. The van der Waals surface area contributed by atoms with Gasteiger partial charge in [0, 0.05) is 23.2 Å². The number of ketones is 1. The topological polar surface area (TPSA) is 86.5 Å². The predicted molar refractivity (Wildman–Crippen MR) is 113 cm³/mol. The van der Waals surface area contributed by atoms with Crippen molar-refractivity contribution in [1.82, 2.24) is 9.88 Å². The summed E-state index contributed by atoms with van der Waals surface area (Å²) in [5, 5.41) is 18.7. The second-order valence-corrected chi connectivity index (χ2v) is 8.52. The summed E-state index contributed by atoms with van der Waals surface area (Å²) in [7, 11) is 0. The zero-order chi connectivity index (χ0) is 21.5. The van der Waals surface area contributed by atoms with Crippen molar-refractivity contribution in [2.45, 2.75) is 53.5 Å². The van der Waals surface area contributed by atoms with Crippen LogP contribution in [0.5, 0.6) is 11.5 Å². The van der Waals surface area contributed by atoms with Crippen LogP contribution in [-0.2, 0) is 12.0 Å². The van der Waals surface area contributed by atoms with E-state index in [-0.39, 0.29) is 29.3 Å². The Bertz CT molecular complexity index is 990. The predicted octanol–water partition coefficient (Wildman–Crippen LogP) is 4.12. The lowest BCUT2D eigenvalue weighted by atomic mass is 9.85. The maximum absolute atomic E-state index is 12.9. The summed E-state index contributed by atoms with van der Waals surface area (Å²) in [6, 6.07) is 4.97. The Morgan fingerprint density at radius 1 is 1.31 bits per heavy atom. The van der Waals surface area contributed by atoms with Crippen LogP contribution in [0.15, 0.2) is 18.2 Å². The molecule has 0 bridgehead atoms. The number of hydrogen-bond acceptors (Lipinski definition) is 5. The summed E-state index contributed by atoms with van der Waals surface area (Å²) in [6.07, 6.45) is 0. The van der Waals surface area contributed by atoms with Gasteiger partial charge in [0.1, 0.15) is 23.0 Å². The molecule has 6 heteroatoms. The summed E-state index contributed by atoms with van der Waals surface area (Å²) >= 11 is 0. The number of phenolic OH excluding ortho intramolecular Hbond substituents is 1. The number of fused-ring (bicyclic) bond motifs is 1. The van der Waals surface area contributed by atoms with E-state index in [0.29, 0.717) is 24.4 Å². The third-order valence-corrected chi connectivity index (χ3v) is 5.33. The Kier molecular flexibility index (Phi) is 5.39. The van der Waals surface area contributed by atoms with Gasteiger partial charge in [-0.25, -0.2) is 4.98 Å². The number of carbonyl (C=O) groups excluding carboxylic acids is 1. The van der Waals surface area contributed by atoms with Crippen LogP contribution in [0, 0.1) is 19.3 Å². The Balaban J connectivity index is 1.86. The number of nitrogens with one attached hydrogen (secondary N) is 1. The first kappa shape index (κ1) is 20.8. The highest BCUT2D eigenvalue weighted by Gasteiger charge is 2.31. The van der Waals surface area contributed by atoms with Crippen LogP contribution in [0.3, 0.4) is 0 Å². The molecule has 2 aromatic rings. The fraction of sp³-hybridized carbons (Fsp3) is 0.435. The standard InChI is InChI=1S/C23H29N3O3/c1-7-29-21-13(2)16-11-26(22(24)20(16)25-14(21)3)12-19(28)15-8-9-18(27)17(10-15)23(4,5)6/h8-10,24,27H,7,11-12H2,1-6H3. The number of phenols is 1. The van der Waals surface area contributed by atoms with Gasteiger partial charge in [-0.05, 0) is 49.9 Å². The van der Waals surface area contributed by atoms with E-state index >= 15 is 0 Å². The van der Waals surface area contributed by atoms with Crippen molar-refractivity contribution in [2.75, 3.05) is 13.2 Å². The van der Waals surface area contributed by atoms with E-state index in [1.54, 1.807) is 23.1 Å². The molecule has 6 nitrogen and oxygen atoms in total. The molecule has 1 aliphatic rings. The molecule has 29 heavy (non-hydrogen) atoms. The van der Waals surface area contributed by atoms with Gasteiger partial charge in [-0.15, -0.1) is 0 Å². The van der Waals surface area contributed by atoms with Crippen molar-refractivity contribution in [3.05, 3.63) is 51.8 Å². The van der Waals surface area contributed by atoms with E-state index in [2.05, 4.69) is 4.98 Å². The quantitative estimate of drug-likeness (QED) is 0.744. The fourth-order valence-corrected chi connectivity index (χ4v) is 3.75. The molecule has 154 valence electrons. The number of nitrogens with zero attached hydrogens (tertiary/aromatic N) is 2. The maximum Gasteiger partial charge on any atom is 0.182 e. The number of ether oxygens (including phenoxy) is 1. The summed E-state index contributed by atoms with van der Waals surface area (Å²) in [6.45, 7) is 12.9. The molecule has 1 aromatic heterocycles. The van der Waals surface area contributed by atoms with Gasteiger partial charge in [0.15, 0.2) is 5.78 Å². The first-order valence-electron chi connectivity index (χ1n) is 9.88. The van der Waals surface area contributed by atoms with Gasteiger partial charge in [0.05, 0.1) is 18.8 Å².